The molecule has 0 aliphatic carbocycles. The number of benzene rings is 2. The second-order valence-electron chi connectivity index (χ2n) is 6.14. The van der Waals surface area contributed by atoms with E-state index < -0.39 is 0 Å². The van der Waals surface area contributed by atoms with Crippen molar-refractivity contribution in [2.45, 2.75) is 26.7 Å². The zero-order valence-corrected chi connectivity index (χ0v) is 15.0. The van der Waals surface area contributed by atoms with Crippen LogP contribution in [0.15, 0.2) is 48.5 Å². The molecule has 3 rings (SSSR count). The Kier molecular flexibility index (Phi) is 5.63. The fourth-order valence-electron chi connectivity index (χ4n) is 2.56. The lowest BCUT2D eigenvalue weighted by Gasteiger charge is -2.08. The third-order valence-corrected chi connectivity index (χ3v) is 3.81. The summed E-state index contributed by atoms with van der Waals surface area (Å²) in [6.07, 6.45) is 1.05. The second-order valence-corrected chi connectivity index (χ2v) is 6.14. The van der Waals surface area contributed by atoms with Crippen LogP contribution in [0.3, 0.4) is 0 Å². The summed E-state index contributed by atoms with van der Waals surface area (Å²) in [7, 11) is 0. The van der Waals surface area contributed by atoms with Gasteiger partial charge < -0.3 is 10.1 Å². The summed E-state index contributed by atoms with van der Waals surface area (Å²) in [5.74, 6) is 2.16. The van der Waals surface area contributed by atoms with Gasteiger partial charge in [0.05, 0.1) is 6.61 Å². The van der Waals surface area contributed by atoms with Crippen LogP contribution in [0.2, 0.25) is 0 Å². The number of aryl methyl sites for hydroxylation is 2. The van der Waals surface area contributed by atoms with Crippen LogP contribution >= 0.6 is 0 Å². The highest BCUT2D eigenvalue weighted by Gasteiger charge is 2.07. The Bertz CT molecular complexity index is 889. The van der Waals surface area contributed by atoms with E-state index in [-0.39, 0.29) is 5.91 Å². The first-order chi connectivity index (χ1) is 12.6. The first-order valence-electron chi connectivity index (χ1n) is 8.59. The molecule has 2 aromatic carbocycles. The molecule has 2 N–H and O–H groups in total. The Hall–Kier alpha value is -3.15. The van der Waals surface area contributed by atoms with E-state index in [1.807, 2.05) is 62.4 Å². The van der Waals surface area contributed by atoms with Crippen molar-refractivity contribution < 1.29 is 9.53 Å². The minimum absolute atomic E-state index is 0.0406. The number of anilines is 1. The highest BCUT2D eigenvalue weighted by molar-refractivity contribution is 5.91. The molecule has 6 nitrogen and oxygen atoms in total. The number of nitrogens with zero attached hydrogens (tertiary/aromatic N) is 2. The largest absolute Gasteiger partial charge is 0.494 e. The topological polar surface area (TPSA) is 79.9 Å². The summed E-state index contributed by atoms with van der Waals surface area (Å²) in [5, 5.41) is 9.86. The van der Waals surface area contributed by atoms with Gasteiger partial charge in [0.15, 0.2) is 5.82 Å². The van der Waals surface area contributed by atoms with Crippen molar-refractivity contribution >= 4 is 11.6 Å². The summed E-state index contributed by atoms with van der Waals surface area (Å²) in [6, 6.07) is 15.4. The maximum absolute atomic E-state index is 12.1. The summed E-state index contributed by atoms with van der Waals surface area (Å²) < 4.78 is 5.67. The van der Waals surface area contributed by atoms with Crippen molar-refractivity contribution in [3.63, 3.8) is 0 Å². The van der Waals surface area contributed by atoms with Gasteiger partial charge >= 0.3 is 0 Å². The van der Waals surface area contributed by atoms with Crippen LogP contribution in [-0.4, -0.2) is 27.7 Å². The number of hydrogen-bond acceptors (Lipinski definition) is 4. The van der Waals surface area contributed by atoms with Crippen LogP contribution in [0.4, 0.5) is 5.69 Å². The molecule has 0 bridgehead atoms. The molecule has 0 fully saturated rings. The maximum Gasteiger partial charge on any atom is 0.224 e. The first kappa shape index (κ1) is 17.7. The van der Waals surface area contributed by atoms with Crippen LogP contribution < -0.4 is 10.1 Å². The normalized spacial score (nSPS) is 10.5. The summed E-state index contributed by atoms with van der Waals surface area (Å²) in [5.41, 5.74) is 2.74. The van der Waals surface area contributed by atoms with E-state index in [0.29, 0.717) is 25.3 Å². The molecule has 134 valence electrons. The molecule has 0 saturated heterocycles. The van der Waals surface area contributed by atoms with Crippen LogP contribution in [0, 0.1) is 13.8 Å². The number of rotatable bonds is 7. The smallest absolute Gasteiger partial charge is 0.224 e. The van der Waals surface area contributed by atoms with E-state index >= 15 is 0 Å². The molecule has 0 spiro atoms. The number of hydrogen-bond donors (Lipinski definition) is 2. The van der Waals surface area contributed by atoms with Gasteiger partial charge in [0.2, 0.25) is 5.91 Å². The number of carbonyl (C=O) groups excluding carboxylic acids is 1. The molecule has 3 aromatic rings. The van der Waals surface area contributed by atoms with E-state index in [1.54, 1.807) is 0 Å². The predicted molar refractivity (Wildman–Crippen MR) is 101 cm³/mol. The predicted octanol–water partition coefficient (Wildman–Crippen LogP) is 3.89. The van der Waals surface area contributed by atoms with Gasteiger partial charge in [-0.1, -0.05) is 24.3 Å². The molecule has 0 aliphatic heterocycles. The van der Waals surface area contributed by atoms with Crippen molar-refractivity contribution in [3.8, 4) is 17.1 Å². The molecule has 6 heteroatoms. The number of nitrogens with one attached hydrogen (secondary N) is 2. The second kappa shape index (κ2) is 8.29. The fourth-order valence-corrected chi connectivity index (χ4v) is 2.56. The Morgan fingerprint density at radius 3 is 2.77 bits per heavy atom. The lowest BCUT2D eigenvalue weighted by Crippen LogP contribution is -2.12. The Balaban J connectivity index is 1.47. The number of aromatic nitrogens is 3. The van der Waals surface area contributed by atoms with E-state index in [4.69, 9.17) is 4.74 Å². The fraction of sp³-hybridized carbons (Fsp3) is 0.250. The van der Waals surface area contributed by atoms with Crippen molar-refractivity contribution in [1.82, 2.24) is 15.2 Å². The number of aromatic amines is 1. The number of ether oxygens (including phenoxy) is 1. The number of H-pyrrole nitrogens is 1. The van der Waals surface area contributed by atoms with Gasteiger partial charge in [0.1, 0.15) is 11.6 Å². The molecule has 0 atom stereocenters. The Labute approximate surface area is 152 Å². The number of amides is 1. The molecule has 1 aromatic heterocycles. The van der Waals surface area contributed by atoms with Gasteiger partial charge in [-0.05, 0) is 50.1 Å². The Morgan fingerprint density at radius 2 is 2.00 bits per heavy atom. The van der Waals surface area contributed by atoms with Gasteiger partial charge in [-0.15, -0.1) is 0 Å². The van der Waals surface area contributed by atoms with E-state index in [2.05, 4.69) is 20.5 Å². The molecule has 26 heavy (non-hydrogen) atoms. The van der Waals surface area contributed by atoms with Crippen LogP contribution in [0.1, 0.15) is 24.2 Å². The van der Waals surface area contributed by atoms with Gasteiger partial charge in [-0.3, -0.25) is 9.89 Å². The van der Waals surface area contributed by atoms with E-state index in [0.717, 1.165) is 28.4 Å². The zero-order valence-electron chi connectivity index (χ0n) is 15.0. The van der Waals surface area contributed by atoms with Crippen molar-refractivity contribution in [1.29, 1.82) is 0 Å². The molecule has 0 saturated carbocycles. The molecular weight excluding hydrogens is 328 g/mol. The van der Waals surface area contributed by atoms with Crippen LogP contribution in [0.5, 0.6) is 5.75 Å². The highest BCUT2D eigenvalue weighted by atomic mass is 16.5. The summed E-state index contributed by atoms with van der Waals surface area (Å²) >= 11 is 0. The average Bonchev–Trinajstić information content (AvgIpc) is 3.06. The highest BCUT2D eigenvalue weighted by Crippen LogP contribution is 2.19. The molecule has 1 amide bonds. The quantitative estimate of drug-likeness (QED) is 0.634. The molecule has 0 radical (unpaired) electrons. The maximum atomic E-state index is 12.1. The molecule has 1 heterocycles. The average molecular weight is 350 g/mol. The minimum atomic E-state index is -0.0406. The van der Waals surface area contributed by atoms with E-state index in [1.165, 1.54) is 0 Å². The van der Waals surface area contributed by atoms with Gasteiger partial charge in [-0.2, -0.15) is 5.10 Å². The van der Waals surface area contributed by atoms with Gasteiger partial charge in [-0.25, -0.2) is 4.98 Å². The lowest BCUT2D eigenvalue weighted by molar-refractivity contribution is -0.116. The molecule has 0 unspecified atom stereocenters. The van der Waals surface area contributed by atoms with Crippen LogP contribution in [0.25, 0.3) is 11.4 Å². The molecular formula is C20H22N4O2. The summed E-state index contributed by atoms with van der Waals surface area (Å²) in [4.78, 5) is 16.4. The van der Waals surface area contributed by atoms with Crippen molar-refractivity contribution in [3.05, 3.63) is 59.9 Å². The number of carbonyl (C=O) groups is 1. The summed E-state index contributed by atoms with van der Waals surface area (Å²) in [6.45, 7) is 4.38. The zero-order chi connectivity index (χ0) is 18.4. The third-order valence-electron chi connectivity index (χ3n) is 3.81. The Morgan fingerprint density at radius 1 is 1.15 bits per heavy atom. The standard InChI is InChI=1S/C20H22N4O2/c1-14-6-3-9-18(12-14)26-11-5-10-19(25)22-17-8-4-7-16(13-17)20-21-15(2)23-24-20/h3-4,6-9,12-13H,5,10-11H2,1-2H3,(H,22,25)(H,21,23,24). The lowest BCUT2D eigenvalue weighted by atomic mass is 10.2. The first-order valence-corrected chi connectivity index (χ1v) is 8.59. The molecule has 0 aliphatic rings. The van der Waals surface area contributed by atoms with E-state index in [9.17, 15) is 4.79 Å². The van der Waals surface area contributed by atoms with Gasteiger partial charge in [0.25, 0.3) is 0 Å². The SMILES string of the molecule is Cc1cccc(OCCCC(=O)Nc2cccc(-c3n[nH]c(C)n3)c2)c1. The van der Waals surface area contributed by atoms with Crippen molar-refractivity contribution in [2.24, 2.45) is 0 Å². The third kappa shape index (κ3) is 4.92. The monoisotopic (exact) mass is 350 g/mol. The van der Waals surface area contributed by atoms with Gasteiger partial charge in [0, 0.05) is 17.7 Å². The van der Waals surface area contributed by atoms with Crippen LogP contribution in [-0.2, 0) is 4.79 Å². The van der Waals surface area contributed by atoms with Crippen molar-refractivity contribution in [2.75, 3.05) is 11.9 Å². The minimum Gasteiger partial charge on any atom is -0.494 e.